The van der Waals surface area contributed by atoms with E-state index in [9.17, 15) is 9.18 Å². The zero-order chi connectivity index (χ0) is 22.7. The van der Waals surface area contributed by atoms with Crippen LogP contribution in [0.5, 0.6) is 11.5 Å². The Hall–Kier alpha value is -2.45. The molecule has 2 aromatic rings. The lowest BCUT2D eigenvalue weighted by molar-refractivity contribution is -0.124. The van der Waals surface area contributed by atoms with E-state index >= 15 is 0 Å². The van der Waals surface area contributed by atoms with Crippen LogP contribution in [-0.4, -0.2) is 29.1 Å². The SMILES string of the molecule is COc1cc(/C=C2\NC(=S)N(C3CCCCC3)C2=O)cc(Br)c1OCc1ccccc1F. The summed E-state index contributed by atoms with van der Waals surface area (Å²) in [5, 5.41) is 3.53. The Labute approximate surface area is 200 Å². The lowest BCUT2D eigenvalue weighted by atomic mass is 9.94. The van der Waals surface area contributed by atoms with Crippen LogP contribution in [0.4, 0.5) is 4.39 Å². The van der Waals surface area contributed by atoms with Gasteiger partial charge in [-0.3, -0.25) is 9.69 Å². The normalized spacial score (nSPS) is 18.2. The molecule has 1 heterocycles. The van der Waals surface area contributed by atoms with Crippen LogP contribution >= 0.6 is 28.1 Å². The molecule has 0 radical (unpaired) electrons. The van der Waals surface area contributed by atoms with Gasteiger partial charge in [-0.2, -0.15) is 0 Å². The standard InChI is InChI=1S/C24H24BrFN2O3S/c1-30-21-13-15(11-18(25)22(21)31-14-16-7-5-6-10-19(16)26)12-20-23(29)28(24(32)27-20)17-8-3-2-4-9-17/h5-7,10-13,17H,2-4,8-9,14H2,1H3,(H,27,32)/b20-12-. The molecule has 0 spiro atoms. The second-order valence-electron chi connectivity index (χ2n) is 7.87. The van der Waals surface area contributed by atoms with Gasteiger partial charge in [0, 0.05) is 11.6 Å². The van der Waals surface area contributed by atoms with Gasteiger partial charge in [0.2, 0.25) is 0 Å². The van der Waals surface area contributed by atoms with Gasteiger partial charge in [0.1, 0.15) is 18.1 Å². The number of nitrogens with one attached hydrogen (secondary N) is 1. The first-order chi connectivity index (χ1) is 15.5. The fourth-order valence-corrected chi connectivity index (χ4v) is 5.03. The van der Waals surface area contributed by atoms with Crippen molar-refractivity contribution in [3.8, 4) is 11.5 Å². The maximum atomic E-state index is 13.9. The predicted octanol–water partition coefficient (Wildman–Crippen LogP) is 5.57. The molecule has 1 saturated heterocycles. The summed E-state index contributed by atoms with van der Waals surface area (Å²) in [7, 11) is 1.54. The number of carbonyl (C=O) groups is 1. The third kappa shape index (κ3) is 4.81. The lowest BCUT2D eigenvalue weighted by Crippen LogP contribution is -2.41. The molecule has 0 unspecified atom stereocenters. The number of hydrogen-bond acceptors (Lipinski definition) is 4. The molecule has 0 aromatic heterocycles. The van der Waals surface area contributed by atoms with Gasteiger partial charge in [0.15, 0.2) is 16.6 Å². The Morgan fingerprint density at radius 2 is 2.00 bits per heavy atom. The van der Waals surface area contributed by atoms with Gasteiger partial charge in [-0.25, -0.2) is 4.39 Å². The van der Waals surface area contributed by atoms with Crippen LogP contribution in [0.25, 0.3) is 6.08 Å². The number of carbonyl (C=O) groups excluding carboxylic acids is 1. The molecule has 8 heteroatoms. The number of ether oxygens (including phenoxy) is 2. The maximum absolute atomic E-state index is 13.9. The monoisotopic (exact) mass is 518 g/mol. The first-order valence-corrected chi connectivity index (χ1v) is 11.8. The molecule has 0 bridgehead atoms. The highest BCUT2D eigenvalue weighted by molar-refractivity contribution is 9.10. The van der Waals surface area contributed by atoms with E-state index in [1.165, 1.54) is 19.6 Å². The second kappa shape index (κ2) is 10.0. The third-order valence-electron chi connectivity index (χ3n) is 5.74. The van der Waals surface area contributed by atoms with E-state index in [1.54, 1.807) is 35.2 Å². The third-order valence-corrected chi connectivity index (χ3v) is 6.63. The Bertz CT molecular complexity index is 1070. The van der Waals surface area contributed by atoms with Gasteiger partial charge in [-0.15, -0.1) is 0 Å². The summed E-state index contributed by atoms with van der Waals surface area (Å²) in [5.74, 6) is 0.507. The maximum Gasteiger partial charge on any atom is 0.276 e. The Balaban J connectivity index is 1.55. The van der Waals surface area contributed by atoms with E-state index in [1.807, 2.05) is 6.07 Å². The predicted molar refractivity (Wildman–Crippen MR) is 129 cm³/mol. The summed E-state index contributed by atoms with van der Waals surface area (Å²) in [4.78, 5) is 14.7. The summed E-state index contributed by atoms with van der Waals surface area (Å²) >= 11 is 8.96. The molecule has 168 valence electrons. The van der Waals surface area contributed by atoms with Crippen LogP contribution in [-0.2, 0) is 11.4 Å². The molecular formula is C24H24BrFN2O3S. The van der Waals surface area contributed by atoms with Crippen molar-refractivity contribution in [2.24, 2.45) is 0 Å². The number of nitrogens with zero attached hydrogens (tertiary/aromatic N) is 1. The van der Waals surface area contributed by atoms with Gasteiger partial charge in [-0.05, 0) is 70.8 Å². The largest absolute Gasteiger partial charge is 0.493 e. The smallest absolute Gasteiger partial charge is 0.276 e. The van der Waals surface area contributed by atoms with E-state index in [4.69, 9.17) is 21.7 Å². The highest BCUT2D eigenvalue weighted by atomic mass is 79.9. The van der Waals surface area contributed by atoms with Gasteiger partial charge in [-0.1, -0.05) is 37.5 Å². The van der Waals surface area contributed by atoms with Crippen molar-refractivity contribution in [1.29, 1.82) is 0 Å². The first-order valence-electron chi connectivity index (χ1n) is 10.6. The molecule has 2 aromatic carbocycles. The van der Waals surface area contributed by atoms with E-state index in [-0.39, 0.29) is 24.4 Å². The van der Waals surface area contributed by atoms with Gasteiger partial charge >= 0.3 is 0 Å². The minimum Gasteiger partial charge on any atom is -0.493 e. The molecule has 4 rings (SSSR count). The quantitative estimate of drug-likeness (QED) is 0.400. The Kier molecular flexibility index (Phi) is 7.10. The molecule has 1 aliphatic heterocycles. The number of methoxy groups -OCH3 is 1. The average molecular weight is 519 g/mol. The molecular weight excluding hydrogens is 495 g/mol. The van der Waals surface area contributed by atoms with Crippen molar-refractivity contribution in [3.63, 3.8) is 0 Å². The van der Waals surface area contributed by atoms with Crippen LogP contribution in [0.2, 0.25) is 0 Å². The molecule has 2 fully saturated rings. The highest BCUT2D eigenvalue weighted by Gasteiger charge is 2.36. The van der Waals surface area contributed by atoms with E-state index in [0.717, 1.165) is 31.2 Å². The topological polar surface area (TPSA) is 50.8 Å². The number of halogens is 2. The number of amides is 1. The van der Waals surface area contributed by atoms with Crippen LogP contribution in [0.3, 0.4) is 0 Å². The average Bonchev–Trinajstić information content (AvgIpc) is 3.07. The second-order valence-corrected chi connectivity index (χ2v) is 9.11. The summed E-state index contributed by atoms with van der Waals surface area (Å²) in [5.41, 5.74) is 1.63. The number of hydrogen-bond donors (Lipinski definition) is 1. The van der Waals surface area contributed by atoms with Crippen LogP contribution in [0, 0.1) is 5.82 Å². The van der Waals surface area contributed by atoms with Crippen molar-refractivity contribution in [2.75, 3.05) is 7.11 Å². The lowest BCUT2D eigenvalue weighted by Gasteiger charge is -2.29. The van der Waals surface area contributed by atoms with Crippen molar-refractivity contribution >= 4 is 45.2 Å². The van der Waals surface area contributed by atoms with Crippen molar-refractivity contribution in [2.45, 2.75) is 44.8 Å². The van der Waals surface area contributed by atoms with Gasteiger partial charge in [0.05, 0.1) is 11.6 Å². The molecule has 32 heavy (non-hydrogen) atoms. The van der Waals surface area contributed by atoms with Gasteiger partial charge in [0.25, 0.3) is 5.91 Å². The minimum absolute atomic E-state index is 0.0622. The number of rotatable bonds is 6. The Morgan fingerprint density at radius 3 is 2.72 bits per heavy atom. The molecule has 1 aliphatic carbocycles. The minimum atomic E-state index is -0.326. The molecule has 2 aliphatic rings. The molecule has 1 N–H and O–H groups in total. The molecule has 1 saturated carbocycles. The number of benzene rings is 2. The van der Waals surface area contributed by atoms with Crippen LogP contribution in [0.1, 0.15) is 43.2 Å². The van der Waals surface area contributed by atoms with Crippen LogP contribution < -0.4 is 14.8 Å². The van der Waals surface area contributed by atoms with Gasteiger partial charge < -0.3 is 14.8 Å². The zero-order valence-corrected chi connectivity index (χ0v) is 20.1. The fraction of sp³-hybridized carbons (Fsp3) is 0.333. The zero-order valence-electron chi connectivity index (χ0n) is 17.7. The van der Waals surface area contributed by atoms with E-state index in [2.05, 4.69) is 21.2 Å². The van der Waals surface area contributed by atoms with E-state index in [0.29, 0.717) is 32.3 Å². The summed E-state index contributed by atoms with van der Waals surface area (Å²) in [6.07, 6.45) is 7.16. The summed E-state index contributed by atoms with van der Waals surface area (Å²) < 4.78 is 25.9. The molecule has 5 nitrogen and oxygen atoms in total. The number of thiocarbonyl (C=S) groups is 1. The van der Waals surface area contributed by atoms with Crippen molar-refractivity contribution < 1.29 is 18.7 Å². The van der Waals surface area contributed by atoms with Crippen LogP contribution in [0.15, 0.2) is 46.6 Å². The van der Waals surface area contributed by atoms with Crippen molar-refractivity contribution in [3.05, 3.63) is 63.5 Å². The fourth-order valence-electron chi connectivity index (χ4n) is 4.11. The highest BCUT2D eigenvalue weighted by Crippen LogP contribution is 2.38. The van der Waals surface area contributed by atoms with E-state index < -0.39 is 0 Å². The molecule has 1 amide bonds. The summed E-state index contributed by atoms with van der Waals surface area (Å²) in [6.45, 7) is 0.0622. The Morgan fingerprint density at radius 1 is 1.25 bits per heavy atom. The first kappa shape index (κ1) is 22.7. The molecule has 0 atom stereocenters. The van der Waals surface area contributed by atoms with Crippen molar-refractivity contribution in [1.82, 2.24) is 10.2 Å². The summed E-state index contributed by atoms with van der Waals surface area (Å²) in [6, 6.07) is 10.2.